The van der Waals surface area contributed by atoms with Gasteiger partial charge in [0.1, 0.15) is 5.75 Å². The summed E-state index contributed by atoms with van der Waals surface area (Å²) < 4.78 is 5.20. The molecule has 0 bridgehead atoms. The summed E-state index contributed by atoms with van der Waals surface area (Å²) in [6.45, 7) is 2.31. The van der Waals surface area contributed by atoms with E-state index in [4.69, 9.17) is 22.1 Å². The van der Waals surface area contributed by atoms with E-state index in [1.165, 1.54) is 0 Å². The molecule has 0 saturated heterocycles. The minimum atomic E-state index is -0.469. The van der Waals surface area contributed by atoms with E-state index >= 15 is 0 Å². The van der Waals surface area contributed by atoms with Crippen LogP contribution in [-0.4, -0.2) is 19.1 Å². The third-order valence-corrected chi connectivity index (χ3v) is 3.03. The van der Waals surface area contributed by atoms with Crippen LogP contribution in [0.2, 0.25) is 5.02 Å². The molecule has 3 N–H and O–H groups in total. The van der Waals surface area contributed by atoms with Gasteiger partial charge < -0.3 is 15.8 Å². The molecule has 0 aliphatic heterocycles. The topological polar surface area (TPSA) is 64.4 Å². The minimum absolute atomic E-state index is 0.168. The van der Waals surface area contributed by atoms with Gasteiger partial charge in [0.15, 0.2) is 0 Å². The highest BCUT2D eigenvalue weighted by atomic mass is 35.5. The van der Waals surface area contributed by atoms with Crippen molar-refractivity contribution < 1.29 is 9.53 Å². The Morgan fingerprint density at radius 2 is 2.28 bits per heavy atom. The molecule has 0 heterocycles. The molecule has 0 aliphatic rings. The molecule has 1 rings (SSSR count). The van der Waals surface area contributed by atoms with Gasteiger partial charge in [0.2, 0.25) is 5.91 Å². The molecule has 1 aromatic carbocycles. The maximum absolute atomic E-state index is 11.7. The Labute approximate surface area is 112 Å². The fraction of sp³-hybridized carbons (Fsp3) is 0.462. The zero-order valence-electron chi connectivity index (χ0n) is 10.7. The van der Waals surface area contributed by atoms with Gasteiger partial charge in [-0.3, -0.25) is 4.79 Å². The number of amides is 1. The van der Waals surface area contributed by atoms with Crippen LogP contribution in [0.5, 0.6) is 5.75 Å². The van der Waals surface area contributed by atoms with Crippen molar-refractivity contribution in [1.29, 1.82) is 0 Å². The Hall–Kier alpha value is -1.26. The van der Waals surface area contributed by atoms with Gasteiger partial charge in [0, 0.05) is 17.1 Å². The van der Waals surface area contributed by atoms with Gasteiger partial charge >= 0.3 is 0 Å². The molecule has 100 valence electrons. The van der Waals surface area contributed by atoms with Crippen LogP contribution in [0.4, 0.5) is 0 Å². The normalized spacial score (nSPS) is 12.0. The number of methoxy groups -OCH3 is 1. The summed E-state index contributed by atoms with van der Waals surface area (Å²) in [5, 5.41) is 3.34. The second kappa shape index (κ2) is 7.24. The number of hydrogen-bond acceptors (Lipinski definition) is 3. The Balaban J connectivity index is 2.66. The molecule has 0 aliphatic carbocycles. The summed E-state index contributed by atoms with van der Waals surface area (Å²) in [5.74, 6) is 0.491. The molecule has 0 spiro atoms. The zero-order valence-corrected chi connectivity index (χ0v) is 11.5. The average molecular weight is 271 g/mol. The number of halogens is 1. The number of rotatable bonds is 6. The lowest BCUT2D eigenvalue weighted by atomic mass is 10.1. The maximum atomic E-state index is 11.7. The summed E-state index contributed by atoms with van der Waals surface area (Å²) in [7, 11) is 1.57. The molecule has 1 amide bonds. The highest BCUT2D eigenvalue weighted by Crippen LogP contribution is 2.25. The van der Waals surface area contributed by atoms with Gasteiger partial charge in [-0.15, -0.1) is 0 Å². The van der Waals surface area contributed by atoms with E-state index in [0.717, 1.165) is 12.0 Å². The van der Waals surface area contributed by atoms with Crippen molar-refractivity contribution in [1.82, 2.24) is 5.32 Å². The summed E-state index contributed by atoms with van der Waals surface area (Å²) in [6.07, 6.45) is 1.55. The molecule has 18 heavy (non-hydrogen) atoms. The van der Waals surface area contributed by atoms with E-state index in [1.807, 2.05) is 6.92 Å². The van der Waals surface area contributed by atoms with E-state index in [-0.39, 0.29) is 5.91 Å². The monoisotopic (exact) mass is 270 g/mol. The third-order valence-electron chi connectivity index (χ3n) is 2.67. The molecule has 0 saturated carbocycles. The first-order chi connectivity index (χ1) is 8.60. The predicted molar refractivity (Wildman–Crippen MR) is 72.7 cm³/mol. The van der Waals surface area contributed by atoms with Gasteiger partial charge in [0.05, 0.1) is 13.2 Å². The molecule has 0 aromatic heterocycles. The van der Waals surface area contributed by atoms with Crippen LogP contribution < -0.4 is 15.8 Å². The molecule has 1 atom stereocenters. The lowest BCUT2D eigenvalue weighted by molar-refractivity contribution is -0.122. The molecule has 0 fully saturated rings. The standard InChI is InChI=1S/C13H19ClN2O2/c1-3-5-11(15)13(17)16-8-9-10(14)6-4-7-12(9)18-2/h4,6-7,11H,3,5,8,15H2,1-2H3,(H,16,17)/t11-/m1/s1. The van der Waals surface area contributed by atoms with Gasteiger partial charge in [-0.25, -0.2) is 0 Å². The first-order valence-electron chi connectivity index (χ1n) is 5.94. The van der Waals surface area contributed by atoms with Crippen molar-refractivity contribution in [3.63, 3.8) is 0 Å². The van der Waals surface area contributed by atoms with E-state index in [2.05, 4.69) is 5.32 Å². The second-order valence-corrected chi connectivity index (χ2v) is 4.44. The third kappa shape index (κ3) is 3.89. The van der Waals surface area contributed by atoms with Crippen LogP contribution in [0.25, 0.3) is 0 Å². The van der Waals surface area contributed by atoms with Gasteiger partial charge in [-0.1, -0.05) is 31.0 Å². The molecular formula is C13H19ClN2O2. The highest BCUT2D eigenvalue weighted by molar-refractivity contribution is 6.31. The van der Waals surface area contributed by atoms with Crippen molar-refractivity contribution in [2.24, 2.45) is 5.73 Å². The lowest BCUT2D eigenvalue weighted by Gasteiger charge is -2.14. The number of carbonyl (C=O) groups excluding carboxylic acids is 1. The van der Waals surface area contributed by atoms with Gasteiger partial charge in [-0.2, -0.15) is 0 Å². The van der Waals surface area contributed by atoms with Crippen molar-refractivity contribution in [2.45, 2.75) is 32.4 Å². The van der Waals surface area contributed by atoms with Crippen molar-refractivity contribution in [2.75, 3.05) is 7.11 Å². The van der Waals surface area contributed by atoms with Crippen LogP contribution in [-0.2, 0) is 11.3 Å². The second-order valence-electron chi connectivity index (χ2n) is 4.03. The number of ether oxygens (including phenoxy) is 1. The molecule has 0 radical (unpaired) electrons. The highest BCUT2D eigenvalue weighted by Gasteiger charge is 2.14. The van der Waals surface area contributed by atoms with E-state index in [1.54, 1.807) is 25.3 Å². The van der Waals surface area contributed by atoms with Crippen LogP contribution in [0.1, 0.15) is 25.3 Å². The number of hydrogen-bond donors (Lipinski definition) is 2. The number of benzene rings is 1. The summed E-state index contributed by atoms with van der Waals surface area (Å²) in [5.41, 5.74) is 6.49. The lowest BCUT2D eigenvalue weighted by Crippen LogP contribution is -2.40. The average Bonchev–Trinajstić information content (AvgIpc) is 2.36. The Kier molecular flexibility index (Phi) is 5.95. The quantitative estimate of drug-likeness (QED) is 0.832. The molecule has 0 unspecified atom stereocenters. The summed E-state index contributed by atoms with van der Waals surface area (Å²) >= 11 is 6.07. The fourth-order valence-corrected chi connectivity index (χ4v) is 1.88. The molecule has 5 heteroatoms. The van der Waals surface area contributed by atoms with Crippen molar-refractivity contribution in [3.8, 4) is 5.75 Å². The zero-order chi connectivity index (χ0) is 13.5. The molecular weight excluding hydrogens is 252 g/mol. The SMILES string of the molecule is CCC[C@@H](N)C(=O)NCc1c(Cl)cccc1OC. The number of carbonyl (C=O) groups is 1. The fourth-order valence-electron chi connectivity index (χ4n) is 1.65. The van der Waals surface area contributed by atoms with Crippen molar-refractivity contribution >= 4 is 17.5 Å². The van der Waals surface area contributed by atoms with E-state index in [0.29, 0.717) is 23.7 Å². The predicted octanol–water partition coefficient (Wildman–Crippen LogP) is 2.09. The first-order valence-corrected chi connectivity index (χ1v) is 6.32. The van der Waals surface area contributed by atoms with Crippen LogP contribution in [0.3, 0.4) is 0 Å². The smallest absolute Gasteiger partial charge is 0.237 e. The first kappa shape index (κ1) is 14.8. The number of nitrogens with two attached hydrogens (primary N) is 1. The minimum Gasteiger partial charge on any atom is -0.496 e. The largest absolute Gasteiger partial charge is 0.496 e. The Morgan fingerprint density at radius 1 is 1.56 bits per heavy atom. The van der Waals surface area contributed by atoms with Crippen LogP contribution in [0, 0.1) is 0 Å². The Bertz CT molecular complexity index is 410. The Morgan fingerprint density at radius 3 is 2.89 bits per heavy atom. The maximum Gasteiger partial charge on any atom is 0.237 e. The number of nitrogens with one attached hydrogen (secondary N) is 1. The molecule has 4 nitrogen and oxygen atoms in total. The van der Waals surface area contributed by atoms with Crippen molar-refractivity contribution in [3.05, 3.63) is 28.8 Å². The summed E-state index contributed by atoms with van der Waals surface area (Å²) in [4.78, 5) is 11.7. The van der Waals surface area contributed by atoms with Crippen LogP contribution in [0.15, 0.2) is 18.2 Å². The van der Waals surface area contributed by atoms with Crippen LogP contribution >= 0.6 is 11.6 Å². The van der Waals surface area contributed by atoms with Gasteiger partial charge in [-0.05, 0) is 18.6 Å². The summed E-state index contributed by atoms with van der Waals surface area (Å²) in [6, 6.07) is 4.90. The van der Waals surface area contributed by atoms with E-state index < -0.39 is 6.04 Å². The van der Waals surface area contributed by atoms with Gasteiger partial charge in [0.25, 0.3) is 0 Å². The molecule has 1 aromatic rings. The van der Waals surface area contributed by atoms with E-state index in [9.17, 15) is 4.79 Å².